The zero-order valence-corrected chi connectivity index (χ0v) is 15.5. The molecule has 0 aromatic heterocycles. The van der Waals surface area contributed by atoms with E-state index in [-0.39, 0.29) is 29.7 Å². The fraction of sp³-hybridized carbons (Fsp3) is 0.533. The summed E-state index contributed by atoms with van der Waals surface area (Å²) in [5, 5.41) is 3.00. The lowest BCUT2D eigenvalue weighted by Crippen LogP contribution is -2.33. The summed E-state index contributed by atoms with van der Waals surface area (Å²) in [6.07, 6.45) is 1.55. The van der Waals surface area contributed by atoms with Crippen LogP contribution in [0.25, 0.3) is 0 Å². The van der Waals surface area contributed by atoms with Gasteiger partial charge in [0.05, 0.1) is 0 Å². The number of rotatable bonds is 10. The van der Waals surface area contributed by atoms with Crippen LogP contribution in [0.2, 0.25) is 0 Å². The number of hydrogen-bond acceptors (Lipinski definition) is 3. The van der Waals surface area contributed by atoms with Gasteiger partial charge in [0.15, 0.2) is 5.96 Å². The molecule has 0 aliphatic carbocycles. The molecule has 8 heteroatoms. The summed E-state index contributed by atoms with van der Waals surface area (Å²) in [5.41, 5.74) is 6.72. The molecule has 0 bridgehead atoms. The van der Waals surface area contributed by atoms with Gasteiger partial charge < -0.3 is 20.5 Å². The smallest absolute Gasteiger partial charge is 0.387 e. The van der Waals surface area contributed by atoms with Gasteiger partial charge in [0, 0.05) is 26.3 Å². The fourth-order valence-corrected chi connectivity index (χ4v) is 1.74. The predicted octanol–water partition coefficient (Wildman–Crippen LogP) is 2.78. The van der Waals surface area contributed by atoms with Crippen LogP contribution in [0.3, 0.4) is 0 Å². The number of alkyl halides is 2. The third-order valence-electron chi connectivity index (χ3n) is 2.80. The second-order valence-corrected chi connectivity index (χ2v) is 4.52. The number of nitrogens with two attached hydrogens (primary N) is 1. The second kappa shape index (κ2) is 13.3. The molecule has 0 fully saturated rings. The van der Waals surface area contributed by atoms with E-state index in [1.165, 1.54) is 12.1 Å². The highest BCUT2D eigenvalue weighted by Crippen LogP contribution is 2.14. The van der Waals surface area contributed by atoms with Crippen molar-refractivity contribution in [2.75, 3.05) is 26.3 Å². The van der Waals surface area contributed by atoms with Crippen LogP contribution < -0.4 is 15.8 Å². The molecule has 1 aromatic carbocycles. The summed E-state index contributed by atoms with van der Waals surface area (Å²) in [4.78, 5) is 4.17. The lowest BCUT2D eigenvalue weighted by atomic mass is 10.1. The molecular formula is C15H24F2IN3O2. The lowest BCUT2D eigenvalue weighted by Gasteiger charge is -2.07. The fourth-order valence-electron chi connectivity index (χ4n) is 1.74. The van der Waals surface area contributed by atoms with Gasteiger partial charge in [0.1, 0.15) is 5.75 Å². The van der Waals surface area contributed by atoms with Crippen molar-refractivity contribution in [3.05, 3.63) is 29.8 Å². The zero-order chi connectivity index (χ0) is 16.2. The summed E-state index contributed by atoms with van der Waals surface area (Å²) in [7, 11) is 0. The average Bonchev–Trinajstić information content (AvgIpc) is 2.48. The van der Waals surface area contributed by atoms with E-state index in [0.29, 0.717) is 38.7 Å². The van der Waals surface area contributed by atoms with Crippen molar-refractivity contribution in [1.29, 1.82) is 0 Å². The SMILES string of the molecule is CCOCCCN=C(N)NCCc1ccc(OC(F)F)cc1.I. The van der Waals surface area contributed by atoms with Gasteiger partial charge in [-0.05, 0) is 37.5 Å². The highest BCUT2D eigenvalue weighted by Gasteiger charge is 2.03. The van der Waals surface area contributed by atoms with Crippen molar-refractivity contribution in [2.45, 2.75) is 26.4 Å². The average molecular weight is 443 g/mol. The largest absolute Gasteiger partial charge is 0.435 e. The number of aliphatic imine (C=N–C) groups is 1. The van der Waals surface area contributed by atoms with Gasteiger partial charge in [-0.25, -0.2) is 0 Å². The van der Waals surface area contributed by atoms with Crippen molar-refractivity contribution in [1.82, 2.24) is 5.32 Å². The Morgan fingerprint density at radius 3 is 2.61 bits per heavy atom. The molecule has 0 heterocycles. The summed E-state index contributed by atoms with van der Waals surface area (Å²) < 4.78 is 33.5. The molecule has 132 valence electrons. The van der Waals surface area contributed by atoms with Gasteiger partial charge in [-0.1, -0.05) is 12.1 Å². The molecule has 23 heavy (non-hydrogen) atoms. The molecule has 0 aliphatic rings. The first-order chi connectivity index (χ1) is 10.6. The number of hydrogen-bond donors (Lipinski definition) is 2. The van der Waals surface area contributed by atoms with Gasteiger partial charge in [0.2, 0.25) is 0 Å². The second-order valence-electron chi connectivity index (χ2n) is 4.52. The Morgan fingerprint density at radius 1 is 1.30 bits per heavy atom. The molecule has 1 aromatic rings. The van der Waals surface area contributed by atoms with Crippen molar-refractivity contribution in [3.8, 4) is 5.75 Å². The highest BCUT2D eigenvalue weighted by molar-refractivity contribution is 14.0. The van der Waals surface area contributed by atoms with Crippen molar-refractivity contribution in [3.63, 3.8) is 0 Å². The minimum Gasteiger partial charge on any atom is -0.435 e. The normalized spacial score (nSPS) is 11.2. The van der Waals surface area contributed by atoms with E-state index < -0.39 is 6.61 Å². The third-order valence-corrected chi connectivity index (χ3v) is 2.80. The maximum absolute atomic E-state index is 12.0. The van der Waals surface area contributed by atoms with E-state index in [0.717, 1.165) is 12.0 Å². The van der Waals surface area contributed by atoms with E-state index >= 15 is 0 Å². The van der Waals surface area contributed by atoms with Crippen LogP contribution >= 0.6 is 24.0 Å². The minimum absolute atomic E-state index is 0. The molecule has 0 saturated carbocycles. The maximum atomic E-state index is 12.0. The Morgan fingerprint density at radius 2 is 2.00 bits per heavy atom. The van der Waals surface area contributed by atoms with E-state index in [2.05, 4.69) is 15.0 Å². The summed E-state index contributed by atoms with van der Waals surface area (Å²) in [5.74, 6) is 0.552. The van der Waals surface area contributed by atoms with Crippen molar-refractivity contribution >= 4 is 29.9 Å². The van der Waals surface area contributed by atoms with E-state index in [1.54, 1.807) is 12.1 Å². The first-order valence-corrected chi connectivity index (χ1v) is 7.27. The maximum Gasteiger partial charge on any atom is 0.387 e. The molecule has 0 spiro atoms. The molecular weight excluding hydrogens is 419 g/mol. The number of guanidine groups is 1. The van der Waals surface area contributed by atoms with Gasteiger partial charge in [-0.2, -0.15) is 8.78 Å². The van der Waals surface area contributed by atoms with Crippen LogP contribution in [0.1, 0.15) is 18.9 Å². The molecule has 0 saturated heterocycles. The summed E-state index contributed by atoms with van der Waals surface area (Å²) >= 11 is 0. The summed E-state index contributed by atoms with van der Waals surface area (Å²) in [6.45, 7) is 1.78. The van der Waals surface area contributed by atoms with Crippen molar-refractivity contribution < 1.29 is 18.3 Å². The highest BCUT2D eigenvalue weighted by atomic mass is 127. The van der Waals surface area contributed by atoms with Crippen LogP contribution in [0.4, 0.5) is 8.78 Å². The molecule has 5 nitrogen and oxygen atoms in total. The molecule has 0 amide bonds. The van der Waals surface area contributed by atoms with Crippen LogP contribution in [0.5, 0.6) is 5.75 Å². The molecule has 0 aliphatic heterocycles. The predicted molar refractivity (Wildman–Crippen MR) is 97.8 cm³/mol. The van der Waals surface area contributed by atoms with E-state index in [9.17, 15) is 8.78 Å². The Labute approximate surface area is 152 Å². The van der Waals surface area contributed by atoms with Gasteiger partial charge in [-0.15, -0.1) is 24.0 Å². The van der Waals surface area contributed by atoms with Crippen LogP contribution in [0.15, 0.2) is 29.3 Å². The van der Waals surface area contributed by atoms with Crippen LogP contribution in [-0.2, 0) is 11.2 Å². The quantitative estimate of drug-likeness (QED) is 0.253. The number of halogens is 3. The molecule has 3 N–H and O–H groups in total. The molecule has 0 unspecified atom stereocenters. The Kier molecular flexibility index (Phi) is 12.6. The van der Waals surface area contributed by atoms with E-state index in [1.807, 2.05) is 6.92 Å². The van der Waals surface area contributed by atoms with Crippen LogP contribution in [0, 0.1) is 0 Å². The van der Waals surface area contributed by atoms with Crippen molar-refractivity contribution in [2.24, 2.45) is 10.7 Å². The first kappa shape index (κ1) is 21.8. The monoisotopic (exact) mass is 443 g/mol. The molecule has 0 radical (unpaired) electrons. The number of ether oxygens (including phenoxy) is 2. The Bertz CT molecular complexity index is 445. The van der Waals surface area contributed by atoms with Crippen LogP contribution in [-0.4, -0.2) is 38.9 Å². The number of nitrogens with zero attached hydrogens (tertiary/aromatic N) is 1. The van der Waals surface area contributed by atoms with Gasteiger partial charge >= 0.3 is 6.61 Å². The Balaban J connectivity index is 0.00000484. The Hall–Kier alpha value is -1.16. The first-order valence-electron chi connectivity index (χ1n) is 7.27. The van der Waals surface area contributed by atoms with Gasteiger partial charge in [-0.3, -0.25) is 4.99 Å². The lowest BCUT2D eigenvalue weighted by molar-refractivity contribution is -0.0498. The molecule has 0 atom stereocenters. The third kappa shape index (κ3) is 11.1. The van der Waals surface area contributed by atoms with Gasteiger partial charge in [0.25, 0.3) is 0 Å². The minimum atomic E-state index is -2.80. The number of nitrogens with one attached hydrogen (secondary N) is 1. The zero-order valence-electron chi connectivity index (χ0n) is 13.1. The topological polar surface area (TPSA) is 68.9 Å². The molecule has 1 rings (SSSR count). The standard InChI is InChI=1S/C15H23F2N3O2.HI/c1-2-21-11-3-9-19-15(18)20-10-8-12-4-6-13(7-5-12)22-14(16)17;/h4-7,14H,2-3,8-11H2,1H3,(H3,18,19,20);1H. The summed E-state index contributed by atoms with van der Waals surface area (Å²) in [6, 6.07) is 6.53. The van der Waals surface area contributed by atoms with E-state index in [4.69, 9.17) is 10.5 Å². The number of benzene rings is 1.